The second-order valence-corrected chi connectivity index (χ2v) is 12.0. The van der Waals surface area contributed by atoms with Crippen LogP contribution in [-0.2, 0) is 11.2 Å². The van der Waals surface area contributed by atoms with E-state index in [2.05, 4.69) is 67.8 Å². The van der Waals surface area contributed by atoms with Crippen molar-refractivity contribution in [2.75, 3.05) is 0 Å². The molecule has 0 saturated carbocycles. The number of alkyl halides is 2. The molecule has 0 spiro atoms. The van der Waals surface area contributed by atoms with E-state index in [-0.39, 0.29) is 6.42 Å². The number of aliphatic hydroxyl groups excluding tert-OH is 1. The number of aliphatic carboxylic acids is 1. The Morgan fingerprint density at radius 1 is 1.35 bits per heavy atom. The van der Waals surface area contributed by atoms with Crippen LogP contribution in [0.2, 0.25) is 0 Å². The van der Waals surface area contributed by atoms with Crippen LogP contribution in [0.15, 0.2) is 45.4 Å². The summed E-state index contributed by atoms with van der Waals surface area (Å²) in [5.41, 5.74) is 6.36. The average molecular weight is 653 g/mol. The summed E-state index contributed by atoms with van der Waals surface area (Å²) in [5.74, 6) is 0.771. The molecular weight excluding hydrogens is 639 g/mol. The number of allylic oxidation sites excluding steroid dienone is 4. The zero-order valence-corrected chi connectivity index (χ0v) is 18.3. The molecule has 0 radical (unpaired) electrons. The van der Waals surface area contributed by atoms with Gasteiger partial charge in [-0.25, -0.2) is 0 Å². The number of hydrogen-bond acceptors (Lipinski definition) is 4. The Hall–Kier alpha value is -0.0800. The Morgan fingerprint density at radius 2 is 1.96 bits per heavy atom. The number of benzene rings is 1. The number of hydrogen-bond donors (Lipinski definition) is 3. The quantitative estimate of drug-likeness (QED) is 0.330. The summed E-state index contributed by atoms with van der Waals surface area (Å²) in [6, 6.07) is 6.29. The van der Waals surface area contributed by atoms with Gasteiger partial charge in [0.25, 0.3) is 0 Å². The van der Waals surface area contributed by atoms with Crippen LogP contribution in [0, 0.1) is 0 Å². The molecular formula is C15H14I3NO4. The van der Waals surface area contributed by atoms with Crippen molar-refractivity contribution in [1.29, 1.82) is 0 Å². The van der Waals surface area contributed by atoms with Crippen LogP contribution >= 0.6 is 67.8 Å². The molecule has 124 valence electrons. The molecule has 0 aliphatic heterocycles. The van der Waals surface area contributed by atoms with Crippen molar-refractivity contribution in [2.45, 2.75) is 20.3 Å². The van der Waals surface area contributed by atoms with Crippen molar-refractivity contribution in [3.63, 3.8) is 0 Å². The van der Waals surface area contributed by atoms with Gasteiger partial charge in [0, 0.05) is 6.42 Å². The third-order valence-electron chi connectivity index (χ3n) is 3.20. The summed E-state index contributed by atoms with van der Waals surface area (Å²) >= 11 is 6.48. The highest BCUT2D eigenvalue weighted by molar-refractivity contribution is 14.2. The molecule has 0 aromatic heterocycles. The second-order valence-electron chi connectivity index (χ2n) is 5.08. The molecule has 4 N–H and O–H groups in total. The third kappa shape index (κ3) is 5.19. The zero-order valence-electron chi connectivity index (χ0n) is 11.8. The molecule has 1 aromatic rings. The highest BCUT2D eigenvalue weighted by Gasteiger charge is 2.35. The monoisotopic (exact) mass is 653 g/mol. The van der Waals surface area contributed by atoms with Crippen LogP contribution in [0.1, 0.15) is 12.0 Å². The normalized spacial score (nSPS) is 18.3. The van der Waals surface area contributed by atoms with E-state index in [1.807, 2.05) is 6.08 Å². The predicted octanol–water partition coefficient (Wildman–Crippen LogP) is 4.08. The van der Waals surface area contributed by atoms with Gasteiger partial charge < -0.3 is 20.7 Å². The summed E-state index contributed by atoms with van der Waals surface area (Å²) in [6.07, 6.45) is 2.68. The van der Waals surface area contributed by atoms with Crippen molar-refractivity contribution >= 4 is 73.7 Å². The van der Waals surface area contributed by atoms with Gasteiger partial charge in [-0.05, 0) is 52.8 Å². The number of halogens is 3. The SMILES string of the molecule is N[C@@H](Cc1ccc(OC2=CC(I)=C(O)C(I)(I)C2)cc1)C(=O)O. The molecule has 23 heavy (non-hydrogen) atoms. The van der Waals surface area contributed by atoms with Gasteiger partial charge >= 0.3 is 5.97 Å². The van der Waals surface area contributed by atoms with Gasteiger partial charge in [-0.15, -0.1) is 0 Å². The Balaban J connectivity index is 2.07. The van der Waals surface area contributed by atoms with Crippen LogP contribution in [0.25, 0.3) is 0 Å². The Labute approximate surface area is 174 Å². The molecule has 0 saturated heterocycles. The smallest absolute Gasteiger partial charge is 0.320 e. The van der Waals surface area contributed by atoms with E-state index in [4.69, 9.17) is 15.6 Å². The van der Waals surface area contributed by atoms with Crippen molar-refractivity contribution < 1.29 is 19.7 Å². The molecule has 8 heteroatoms. The highest BCUT2D eigenvalue weighted by atomic mass is 127. The first-order chi connectivity index (χ1) is 10.7. The summed E-state index contributed by atoms with van der Waals surface area (Å²) in [4.78, 5) is 10.8. The molecule has 0 bridgehead atoms. The van der Waals surface area contributed by atoms with Gasteiger partial charge in [0.15, 0.2) is 0 Å². The minimum absolute atomic E-state index is 0.275. The molecule has 1 aliphatic rings. The minimum atomic E-state index is -1.01. The first-order valence-corrected chi connectivity index (χ1v) is 9.85. The van der Waals surface area contributed by atoms with Gasteiger partial charge in [-0.2, -0.15) is 0 Å². The fourth-order valence-corrected chi connectivity index (χ4v) is 5.16. The number of aliphatic hydroxyl groups is 1. The first-order valence-electron chi connectivity index (χ1n) is 6.62. The first kappa shape index (κ1) is 19.2. The highest BCUT2D eigenvalue weighted by Crippen LogP contribution is 2.46. The zero-order chi connectivity index (χ0) is 17.2. The molecule has 1 atom stereocenters. The summed E-state index contributed by atoms with van der Waals surface area (Å²) in [7, 11) is 0. The van der Waals surface area contributed by atoms with Crippen LogP contribution < -0.4 is 10.5 Å². The van der Waals surface area contributed by atoms with E-state index >= 15 is 0 Å². The lowest BCUT2D eigenvalue weighted by Gasteiger charge is -2.26. The molecule has 0 fully saturated rings. The molecule has 5 nitrogen and oxygen atoms in total. The van der Waals surface area contributed by atoms with Crippen LogP contribution in [-0.4, -0.2) is 23.7 Å². The average Bonchev–Trinajstić information content (AvgIpc) is 2.46. The Kier molecular flexibility index (Phi) is 6.58. The third-order valence-corrected chi connectivity index (χ3v) is 5.81. The van der Waals surface area contributed by atoms with E-state index in [9.17, 15) is 9.90 Å². The minimum Gasteiger partial charge on any atom is -0.509 e. The molecule has 1 aromatic carbocycles. The van der Waals surface area contributed by atoms with E-state index in [1.165, 1.54) is 0 Å². The fraction of sp³-hybridized carbons (Fsp3) is 0.267. The van der Waals surface area contributed by atoms with E-state index in [0.29, 0.717) is 17.9 Å². The van der Waals surface area contributed by atoms with Crippen molar-refractivity contribution in [3.8, 4) is 5.75 Å². The Bertz CT molecular complexity index is 668. The number of rotatable bonds is 5. The molecule has 0 unspecified atom stereocenters. The predicted molar refractivity (Wildman–Crippen MR) is 114 cm³/mol. The molecule has 1 aliphatic carbocycles. The van der Waals surface area contributed by atoms with E-state index in [0.717, 1.165) is 14.9 Å². The van der Waals surface area contributed by atoms with Crippen molar-refractivity contribution in [1.82, 2.24) is 0 Å². The number of carbonyl (C=O) groups is 1. The number of carboxylic acids is 1. The van der Waals surface area contributed by atoms with Crippen molar-refractivity contribution in [2.24, 2.45) is 5.73 Å². The number of carboxylic acid groups (broad SMARTS) is 1. The molecule has 2 rings (SSSR count). The van der Waals surface area contributed by atoms with Gasteiger partial charge in [0.1, 0.15) is 24.7 Å². The van der Waals surface area contributed by atoms with E-state index in [1.54, 1.807) is 24.3 Å². The van der Waals surface area contributed by atoms with Crippen LogP contribution in [0.3, 0.4) is 0 Å². The maximum atomic E-state index is 10.8. The van der Waals surface area contributed by atoms with Gasteiger partial charge in [-0.1, -0.05) is 57.3 Å². The largest absolute Gasteiger partial charge is 0.509 e. The fourth-order valence-electron chi connectivity index (χ4n) is 1.99. The van der Waals surface area contributed by atoms with E-state index < -0.39 is 13.4 Å². The summed E-state index contributed by atoms with van der Waals surface area (Å²) < 4.78 is 6.22. The molecule has 0 heterocycles. The second kappa shape index (κ2) is 7.87. The Morgan fingerprint density at radius 3 is 2.48 bits per heavy atom. The lowest BCUT2D eigenvalue weighted by molar-refractivity contribution is -0.138. The van der Waals surface area contributed by atoms with Crippen LogP contribution in [0.5, 0.6) is 5.75 Å². The molecule has 0 amide bonds. The number of nitrogens with two attached hydrogens (primary N) is 1. The standard InChI is InChI=1S/C15H14I3NO4/c16-11-6-10(7-15(17,18)13(11)20)23-9-3-1-8(2-4-9)5-12(19)14(21)22/h1-4,6,12,20H,5,7,19H2,(H,21,22)/t12-/m0/s1. The van der Waals surface area contributed by atoms with Crippen LogP contribution in [0.4, 0.5) is 0 Å². The van der Waals surface area contributed by atoms with Crippen molar-refractivity contribution in [3.05, 3.63) is 51.0 Å². The number of ether oxygens (including phenoxy) is 1. The summed E-state index contributed by atoms with van der Waals surface area (Å²) in [6.45, 7) is 0. The maximum absolute atomic E-state index is 10.8. The van der Waals surface area contributed by atoms with Gasteiger partial charge in [0.05, 0.1) is 3.58 Å². The lowest BCUT2D eigenvalue weighted by atomic mass is 10.1. The summed E-state index contributed by atoms with van der Waals surface area (Å²) in [5, 5.41) is 18.9. The van der Waals surface area contributed by atoms with Gasteiger partial charge in [-0.3, -0.25) is 4.79 Å². The topological polar surface area (TPSA) is 92.8 Å². The lowest BCUT2D eigenvalue weighted by Crippen LogP contribution is -2.32. The maximum Gasteiger partial charge on any atom is 0.320 e. The van der Waals surface area contributed by atoms with Gasteiger partial charge in [0.2, 0.25) is 0 Å².